The van der Waals surface area contributed by atoms with Crippen LogP contribution in [0.3, 0.4) is 0 Å². The molecule has 2 N–H and O–H groups in total. The molecule has 0 spiro atoms. The molecule has 0 unspecified atom stereocenters. The Balaban J connectivity index is 1.69. The largest absolute Gasteiger partial charge is 0.340 e. The summed E-state index contributed by atoms with van der Waals surface area (Å²) in [5, 5.41) is 8.18. The van der Waals surface area contributed by atoms with Crippen LogP contribution in [0.25, 0.3) is 11.3 Å². The lowest BCUT2D eigenvalue weighted by molar-refractivity contribution is -0.118. The maximum atomic E-state index is 12.9. The Morgan fingerprint density at radius 2 is 1.62 bits per heavy atom. The van der Waals surface area contributed by atoms with Crippen molar-refractivity contribution in [2.45, 2.75) is 32.7 Å². The van der Waals surface area contributed by atoms with Crippen LogP contribution >= 0.6 is 11.3 Å². The molecule has 0 radical (unpaired) electrons. The van der Waals surface area contributed by atoms with E-state index in [2.05, 4.69) is 29.5 Å². The van der Waals surface area contributed by atoms with Crippen LogP contribution in [0.1, 0.15) is 37.0 Å². The molecule has 5 nitrogen and oxygen atoms in total. The van der Waals surface area contributed by atoms with Gasteiger partial charge in [-0.1, -0.05) is 62.4 Å². The first-order valence-corrected chi connectivity index (χ1v) is 10.6. The molecular formula is C23H25N3O2S. The standard InChI is InChI=1S/C23H25N3O2S/c1-16(2)13-14-19(24-21(27)18-11-7-4-8-12-18)22(28)26-23-25-20(15-29-23)17-9-5-3-6-10-17/h3-12,15-16,19H,13-14H2,1-2H3,(H,24,27)(H,25,26,28)/t19-/m0/s1. The van der Waals surface area contributed by atoms with Crippen molar-refractivity contribution in [3.63, 3.8) is 0 Å². The molecule has 0 fully saturated rings. The fraction of sp³-hybridized carbons (Fsp3) is 0.261. The molecule has 3 aromatic rings. The highest BCUT2D eigenvalue weighted by Crippen LogP contribution is 2.25. The van der Waals surface area contributed by atoms with Crippen LogP contribution in [-0.2, 0) is 4.79 Å². The molecule has 2 aromatic carbocycles. The van der Waals surface area contributed by atoms with E-state index in [1.165, 1.54) is 11.3 Å². The normalized spacial score (nSPS) is 11.8. The van der Waals surface area contributed by atoms with Crippen LogP contribution in [0.4, 0.5) is 5.13 Å². The van der Waals surface area contributed by atoms with Gasteiger partial charge >= 0.3 is 0 Å². The number of carbonyl (C=O) groups is 2. The average Bonchev–Trinajstić information content (AvgIpc) is 3.20. The number of hydrogen-bond donors (Lipinski definition) is 2. The van der Waals surface area contributed by atoms with Gasteiger partial charge in [-0.2, -0.15) is 0 Å². The van der Waals surface area contributed by atoms with E-state index < -0.39 is 6.04 Å². The summed E-state index contributed by atoms with van der Waals surface area (Å²) in [6.45, 7) is 4.20. The van der Waals surface area contributed by atoms with E-state index in [-0.39, 0.29) is 11.8 Å². The maximum Gasteiger partial charge on any atom is 0.251 e. The molecule has 1 atom stereocenters. The average molecular weight is 408 g/mol. The molecule has 29 heavy (non-hydrogen) atoms. The summed E-state index contributed by atoms with van der Waals surface area (Å²) in [7, 11) is 0. The smallest absolute Gasteiger partial charge is 0.251 e. The number of anilines is 1. The molecule has 150 valence electrons. The van der Waals surface area contributed by atoms with Gasteiger partial charge < -0.3 is 10.6 Å². The molecular weight excluding hydrogens is 382 g/mol. The van der Waals surface area contributed by atoms with Gasteiger partial charge in [-0.05, 0) is 30.9 Å². The Kier molecular flexibility index (Phi) is 7.14. The van der Waals surface area contributed by atoms with Crippen molar-refractivity contribution in [2.75, 3.05) is 5.32 Å². The number of hydrogen-bond acceptors (Lipinski definition) is 4. The Morgan fingerprint density at radius 3 is 2.28 bits per heavy atom. The zero-order chi connectivity index (χ0) is 20.6. The third-order valence-corrected chi connectivity index (χ3v) is 5.25. The third-order valence-electron chi connectivity index (χ3n) is 4.49. The number of benzene rings is 2. The maximum absolute atomic E-state index is 12.9. The number of nitrogens with one attached hydrogen (secondary N) is 2. The molecule has 0 bridgehead atoms. The summed E-state index contributed by atoms with van der Waals surface area (Å²) in [5.74, 6) is -0.0639. The van der Waals surface area contributed by atoms with Crippen molar-refractivity contribution in [1.82, 2.24) is 10.3 Å². The van der Waals surface area contributed by atoms with E-state index in [0.717, 1.165) is 17.7 Å². The SMILES string of the molecule is CC(C)CC[C@H](NC(=O)c1ccccc1)C(=O)Nc1nc(-c2ccccc2)cs1. The zero-order valence-corrected chi connectivity index (χ0v) is 17.4. The van der Waals surface area contributed by atoms with Crippen molar-refractivity contribution in [1.29, 1.82) is 0 Å². The Hall–Kier alpha value is -2.99. The molecule has 0 aliphatic carbocycles. The van der Waals surface area contributed by atoms with Gasteiger partial charge in [-0.25, -0.2) is 4.98 Å². The second-order valence-corrected chi connectivity index (χ2v) is 8.11. The van der Waals surface area contributed by atoms with Gasteiger partial charge in [0.05, 0.1) is 5.69 Å². The van der Waals surface area contributed by atoms with Crippen LogP contribution < -0.4 is 10.6 Å². The number of aromatic nitrogens is 1. The number of rotatable bonds is 8. The van der Waals surface area contributed by atoms with Crippen LogP contribution in [-0.4, -0.2) is 22.8 Å². The highest BCUT2D eigenvalue weighted by atomic mass is 32.1. The molecule has 0 saturated carbocycles. The van der Waals surface area contributed by atoms with E-state index in [1.54, 1.807) is 24.3 Å². The lowest BCUT2D eigenvalue weighted by Gasteiger charge is -2.18. The molecule has 0 saturated heterocycles. The van der Waals surface area contributed by atoms with Crippen molar-refractivity contribution >= 4 is 28.3 Å². The number of amides is 2. The van der Waals surface area contributed by atoms with E-state index >= 15 is 0 Å². The summed E-state index contributed by atoms with van der Waals surface area (Å²) in [4.78, 5) is 29.9. The van der Waals surface area contributed by atoms with Crippen molar-refractivity contribution in [3.8, 4) is 11.3 Å². The Bertz CT molecular complexity index is 939. The third kappa shape index (κ3) is 5.99. The fourth-order valence-corrected chi connectivity index (χ4v) is 3.59. The van der Waals surface area contributed by atoms with E-state index in [9.17, 15) is 9.59 Å². The molecule has 0 aliphatic rings. The first-order chi connectivity index (χ1) is 14.0. The summed E-state index contributed by atoms with van der Waals surface area (Å²) < 4.78 is 0. The monoisotopic (exact) mass is 407 g/mol. The number of carbonyl (C=O) groups excluding carboxylic acids is 2. The highest BCUT2D eigenvalue weighted by molar-refractivity contribution is 7.14. The summed E-state index contributed by atoms with van der Waals surface area (Å²) in [6, 6.07) is 18.1. The van der Waals surface area contributed by atoms with E-state index in [1.807, 2.05) is 41.8 Å². The molecule has 3 rings (SSSR count). The molecule has 1 aromatic heterocycles. The van der Waals surface area contributed by atoms with Crippen LogP contribution in [0.5, 0.6) is 0 Å². The van der Waals surface area contributed by atoms with Crippen molar-refractivity contribution in [3.05, 3.63) is 71.6 Å². The summed E-state index contributed by atoms with van der Waals surface area (Å²) in [6.07, 6.45) is 1.40. The van der Waals surface area contributed by atoms with Gasteiger partial charge in [0.15, 0.2) is 5.13 Å². The van der Waals surface area contributed by atoms with Crippen LogP contribution in [0, 0.1) is 5.92 Å². The van der Waals surface area contributed by atoms with Crippen LogP contribution in [0.15, 0.2) is 66.0 Å². The van der Waals surface area contributed by atoms with Gasteiger partial charge in [0, 0.05) is 16.5 Å². The first-order valence-electron chi connectivity index (χ1n) is 9.70. The van der Waals surface area contributed by atoms with E-state index in [4.69, 9.17) is 0 Å². The first kappa shape index (κ1) is 20.7. The van der Waals surface area contributed by atoms with Crippen molar-refractivity contribution < 1.29 is 9.59 Å². The van der Waals surface area contributed by atoms with E-state index in [0.29, 0.717) is 23.0 Å². The second-order valence-electron chi connectivity index (χ2n) is 7.26. The van der Waals surface area contributed by atoms with Gasteiger partial charge in [-0.3, -0.25) is 9.59 Å². The number of thiazole rings is 1. The van der Waals surface area contributed by atoms with Crippen LogP contribution in [0.2, 0.25) is 0 Å². The summed E-state index contributed by atoms with van der Waals surface area (Å²) in [5.41, 5.74) is 2.35. The van der Waals surface area contributed by atoms with Gasteiger partial charge in [-0.15, -0.1) is 11.3 Å². The zero-order valence-electron chi connectivity index (χ0n) is 16.6. The predicted octanol–water partition coefficient (Wildman–Crippen LogP) is 4.98. The van der Waals surface area contributed by atoms with Crippen molar-refractivity contribution in [2.24, 2.45) is 5.92 Å². The highest BCUT2D eigenvalue weighted by Gasteiger charge is 2.22. The lowest BCUT2D eigenvalue weighted by Crippen LogP contribution is -2.44. The Morgan fingerprint density at radius 1 is 0.966 bits per heavy atom. The summed E-state index contributed by atoms with van der Waals surface area (Å²) >= 11 is 1.37. The minimum atomic E-state index is -0.616. The Labute approximate surface area is 175 Å². The quantitative estimate of drug-likeness (QED) is 0.553. The fourth-order valence-electron chi connectivity index (χ4n) is 2.87. The molecule has 6 heteroatoms. The number of nitrogens with zero attached hydrogens (tertiary/aromatic N) is 1. The lowest BCUT2D eigenvalue weighted by atomic mass is 10.0. The molecule has 1 heterocycles. The predicted molar refractivity (Wildman–Crippen MR) is 118 cm³/mol. The van der Waals surface area contributed by atoms with Gasteiger partial charge in [0.25, 0.3) is 5.91 Å². The minimum absolute atomic E-state index is 0.246. The van der Waals surface area contributed by atoms with Gasteiger partial charge in [0.2, 0.25) is 5.91 Å². The molecule has 2 amide bonds. The topological polar surface area (TPSA) is 71.1 Å². The molecule has 0 aliphatic heterocycles. The minimum Gasteiger partial charge on any atom is -0.340 e. The van der Waals surface area contributed by atoms with Gasteiger partial charge in [0.1, 0.15) is 6.04 Å². The second kappa shape index (κ2) is 9.98.